The molecule has 0 radical (unpaired) electrons. The van der Waals surface area contributed by atoms with Crippen molar-refractivity contribution in [1.82, 2.24) is 0 Å². The quantitative estimate of drug-likeness (QED) is 0.728. The number of carbonyl (C=O) groups is 1. The minimum atomic E-state index is 0.129. The number of rotatable bonds is 7. The highest BCUT2D eigenvalue weighted by molar-refractivity contribution is 5.93. The van der Waals surface area contributed by atoms with Gasteiger partial charge in [0.15, 0.2) is 5.78 Å². The molecule has 0 heterocycles. The van der Waals surface area contributed by atoms with E-state index in [1.54, 1.807) is 13.2 Å². The van der Waals surface area contributed by atoms with E-state index in [-0.39, 0.29) is 5.78 Å². The first-order valence-corrected chi connectivity index (χ1v) is 7.30. The molecule has 2 aromatic carbocycles. The summed E-state index contributed by atoms with van der Waals surface area (Å²) in [5.74, 6) is 0.961. The zero-order valence-electron chi connectivity index (χ0n) is 13.0. The molecule has 114 valence electrons. The van der Waals surface area contributed by atoms with Crippen molar-refractivity contribution in [3.8, 4) is 5.75 Å². The molecule has 3 heteroatoms. The molecule has 0 aromatic heterocycles. The molecule has 0 unspecified atom stereocenters. The van der Waals surface area contributed by atoms with Gasteiger partial charge >= 0.3 is 0 Å². The number of allylic oxidation sites excluding steroid dienone is 1. The van der Waals surface area contributed by atoms with E-state index in [1.165, 1.54) is 0 Å². The van der Waals surface area contributed by atoms with Crippen LogP contribution in [0.5, 0.6) is 5.75 Å². The fraction of sp³-hybridized carbons (Fsp3) is 0.211. The highest BCUT2D eigenvalue weighted by Crippen LogP contribution is 2.18. The third kappa shape index (κ3) is 4.77. The largest absolute Gasteiger partial charge is 0.497 e. The lowest BCUT2D eigenvalue weighted by Crippen LogP contribution is -2.20. The molecule has 3 nitrogen and oxygen atoms in total. The minimum Gasteiger partial charge on any atom is -0.497 e. The van der Waals surface area contributed by atoms with E-state index in [9.17, 15) is 4.79 Å². The van der Waals surface area contributed by atoms with Crippen molar-refractivity contribution in [3.63, 3.8) is 0 Å². The van der Waals surface area contributed by atoms with Gasteiger partial charge in [-0.1, -0.05) is 36.4 Å². The lowest BCUT2D eigenvalue weighted by molar-refractivity contribution is -0.114. The van der Waals surface area contributed by atoms with Crippen LogP contribution in [0.4, 0.5) is 5.69 Å². The second kappa shape index (κ2) is 8.03. The van der Waals surface area contributed by atoms with E-state index in [4.69, 9.17) is 4.74 Å². The van der Waals surface area contributed by atoms with Gasteiger partial charge in [0.1, 0.15) is 5.75 Å². The summed E-state index contributed by atoms with van der Waals surface area (Å²) in [6, 6.07) is 17.7. The Morgan fingerprint density at radius 1 is 1.09 bits per heavy atom. The van der Waals surface area contributed by atoms with Gasteiger partial charge in [-0.05, 0) is 35.9 Å². The van der Waals surface area contributed by atoms with Crippen molar-refractivity contribution < 1.29 is 9.53 Å². The van der Waals surface area contributed by atoms with Crippen LogP contribution >= 0.6 is 0 Å². The lowest BCUT2D eigenvalue weighted by Gasteiger charge is -2.18. The predicted molar refractivity (Wildman–Crippen MR) is 91.4 cm³/mol. The van der Waals surface area contributed by atoms with Crippen LogP contribution in [0.1, 0.15) is 12.0 Å². The number of ether oxygens (including phenoxy) is 1. The monoisotopic (exact) mass is 295 g/mol. The molecular weight excluding hydrogens is 274 g/mol. The summed E-state index contributed by atoms with van der Waals surface area (Å²) in [6.45, 7) is 0.685. The Balaban J connectivity index is 1.83. The number of benzene rings is 2. The van der Waals surface area contributed by atoms with Crippen molar-refractivity contribution in [1.29, 1.82) is 0 Å². The van der Waals surface area contributed by atoms with Crippen LogP contribution in [0, 0.1) is 0 Å². The fourth-order valence-corrected chi connectivity index (χ4v) is 2.08. The molecular formula is C19H21NO2. The minimum absolute atomic E-state index is 0.129. The number of anilines is 1. The van der Waals surface area contributed by atoms with Gasteiger partial charge in [-0.2, -0.15) is 0 Å². The van der Waals surface area contributed by atoms with Gasteiger partial charge in [0.25, 0.3) is 0 Å². The smallest absolute Gasteiger partial charge is 0.157 e. The van der Waals surface area contributed by atoms with Gasteiger partial charge in [0.05, 0.1) is 7.11 Å². The molecule has 0 aliphatic rings. The van der Waals surface area contributed by atoms with Gasteiger partial charge < -0.3 is 9.64 Å². The van der Waals surface area contributed by atoms with Gasteiger partial charge in [0, 0.05) is 25.7 Å². The lowest BCUT2D eigenvalue weighted by atomic mass is 10.1. The highest BCUT2D eigenvalue weighted by Gasteiger charge is 2.04. The molecule has 0 saturated heterocycles. The number of hydrogen-bond acceptors (Lipinski definition) is 3. The number of nitrogens with zero attached hydrogens (tertiary/aromatic N) is 1. The maximum atomic E-state index is 11.9. The zero-order chi connectivity index (χ0) is 15.8. The van der Waals surface area contributed by atoms with Crippen LogP contribution in [0.2, 0.25) is 0 Å². The van der Waals surface area contributed by atoms with E-state index in [1.807, 2.05) is 67.7 Å². The topological polar surface area (TPSA) is 29.5 Å². The maximum absolute atomic E-state index is 11.9. The molecule has 22 heavy (non-hydrogen) atoms. The van der Waals surface area contributed by atoms with Crippen LogP contribution in [-0.4, -0.2) is 26.5 Å². The molecule has 0 atom stereocenters. The van der Waals surface area contributed by atoms with Crippen molar-refractivity contribution in [2.75, 3.05) is 25.6 Å². The van der Waals surface area contributed by atoms with Crippen LogP contribution < -0.4 is 9.64 Å². The first-order valence-electron chi connectivity index (χ1n) is 7.30. The van der Waals surface area contributed by atoms with E-state index in [0.29, 0.717) is 13.0 Å². The summed E-state index contributed by atoms with van der Waals surface area (Å²) < 4.78 is 5.14. The average Bonchev–Trinajstić information content (AvgIpc) is 2.58. The molecule has 0 N–H and O–H groups in total. The van der Waals surface area contributed by atoms with E-state index < -0.39 is 0 Å². The molecule has 0 saturated carbocycles. The third-order valence-electron chi connectivity index (χ3n) is 3.47. The second-order valence-electron chi connectivity index (χ2n) is 5.08. The number of carbonyl (C=O) groups excluding carboxylic acids is 1. The third-order valence-corrected chi connectivity index (χ3v) is 3.47. The Morgan fingerprint density at radius 2 is 1.77 bits per heavy atom. The van der Waals surface area contributed by atoms with Gasteiger partial charge in [-0.15, -0.1) is 0 Å². The van der Waals surface area contributed by atoms with E-state index in [2.05, 4.69) is 4.90 Å². The molecule has 0 spiro atoms. The fourth-order valence-electron chi connectivity index (χ4n) is 2.08. The Labute approximate surface area is 131 Å². The average molecular weight is 295 g/mol. The normalized spacial score (nSPS) is 10.6. The first-order chi connectivity index (χ1) is 10.7. The Bertz CT molecular complexity index is 618. The highest BCUT2D eigenvalue weighted by atomic mass is 16.5. The van der Waals surface area contributed by atoms with Gasteiger partial charge in [0.2, 0.25) is 0 Å². The summed E-state index contributed by atoms with van der Waals surface area (Å²) >= 11 is 0. The van der Waals surface area contributed by atoms with Crippen molar-refractivity contribution in [2.45, 2.75) is 6.42 Å². The van der Waals surface area contributed by atoms with Crippen molar-refractivity contribution in [2.24, 2.45) is 0 Å². The Kier molecular flexibility index (Phi) is 5.78. The number of ketones is 1. The van der Waals surface area contributed by atoms with Crippen molar-refractivity contribution >= 4 is 17.5 Å². The molecule has 0 amide bonds. The van der Waals surface area contributed by atoms with Crippen LogP contribution in [0.3, 0.4) is 0 Å². The van der Waals surface area contributed by atoms with Gasteiger partial charge in [-0.25, -0.2) is 0 Å². The second-order valence-corrected chi connectivity index (χ2v) is 5.08. The molecule has 0 aliphatic heterocycles. The van der Waals surface area contributed by atoms with Gasteiger partial charge in [-0.3, -0.25) is 4.79 Å². The number of hydrogen-bond donors (Lipinski definition) is 0. The molecule has 2 rings (SSSR count). The van der Waals surface area contributed by atoms with Crippen LogP contribution in [0.25, 0.3) is 6.08 Å². The maximum Gasteiger partial charge on any atom is 0.157 e. The Morgan fingerprint density at radius 3 is 2.41 bits per heavy atom. The molecule has 0 aliphatic carbocycles. The summed E-state index contributed by atoms with van der Waals surface area (Å²) in [5, 5.41) is 0. The first kappa shape index (κ1) is 15.8. The summed E-state index contributed by atoms with van der Waals surface area (Å²) in [5.41, 5.74) is 2.11. The molecule has 0 bridgehead atoms. The van der Waals surface area contributed by atoms with E-state index >= 15 is 0 Å². The van der Waals surface area contributed by atoms with Crippen LogP contribution in [-0.2, 0) is 4.79 Å². The number of methoxy groups -OCH3 is 1. The summed E-state index contributed by atoms with van der Waals surface area (Å²) in [6.07, 6.45) is 4.00. The standard InChI is InChI=1S/C19H21NO2/c1-20(17-9-12-19(22-2)13-10-17)15-14-18(21)11-8-16-6-4-3-5-7-16/h3-13H,14-15H2,1-2H3/b11-8+. The zero-order valence-corrected chi connectivity index (χ0v) is 13.0. The molecule has 0 fully saturated rings. The van der Waals surface area contributed by atoms with Crippen LogP contribution in [0.15, 0.2) is 60.7 Å². The molecule has 2 aromatic rings. The Hall–Kier alpha value is -2.55. The predicted octanol–water partition coefficient (Wildman–Crippen LogP) is 3.80. The summed E-state index contributed by atoms with van der Waals surface area (Å²) in [7, 11) is 3.63. The van der Waals surface area contributed by atoms with Crippen molar-refractivity contribution in [3.05, 3.63) is 66.2 Å². The van der Waals surface area contributed by atoms with E-state index in [0.717, 1.165) is 17.0 Å². The summed E-state index contributed by atoms with van der Waals surface area (Å²) in [4.78, 5) is 14.0. The SMILES string of the molecule is COc1ccc(N(C)CCC(=O)/C=C/c2ccccc2)cc1.